The summed E-state index contributed by atoms with van der Waals surface area (Å²) in [6.07, 6.45) is 0. The molecular weight excluding hydrogens is 803 g/mol. The molecule has 304 valence electrons. The molecule has 0 spiro atoms. The van der Waals surface area contributed by atoms with Gasteiger partial charge in [-0.2, -0.15) is 0 Å². The maximum absolute atomic E-state index is 7.19. The summed E-state index contributed by atoms with van der Waals surface area (Å²) in [5.41, 5.74) is 17.8. The van der Waals surface area contributed by atoms with Gasteiger partial charge in [0.15, 0.2) is 0 Å². The van der Waals surface area contributed by atoms with Crippen LogP contribution in [-0.4, -0.2) is 25.0 Å². The van der Waals surface area contributed by atoms with Crippen molar-refractivity contribution in [2.45, 2.75) is 0 Å². The van der Waals surface area contributed by atoms with Crippen molar-refractivity contribution in [2.24, 2.45) is 0 Å². The number of benzene rings is 10. The van der Waals surface area contributed by atoms with E-state index in [-0.39, 0.29) is 6.71 Å². The van der Waals surface area contributed by atoms with E-state index in [1.807, 2.05) is 0 Å². The van der Waals surface area contributed by atoms with Gasteiger partial charge in [0.2, 0.25) is 0 Å². The Morgan fingerprint density at radius 3 is 1.41 bits per heavy atom. The highest BCUT2D eigenvalue weighted by Crippen LogP contribution is 2.51. The van der Waals surface area contributed by atoms with Gasteiger partial charge in [-0.3, -0.25) is 0 Å². The van der Waals surface area contributed by atoms with E-state index in [1.165, 1.54) is 98.1 Å². The first kappa shape index (κ1) is 34.7. The van der Waals surface area contributed by atoms with E-state index < -0.39 is 0 Å². The fourth-order valence-corrected chi connectivity index (χ4v) is 12.3. The van der Waals surface area contributed by atoms with Crippen LogP contribution < -0.4 is 21.1 Å². The fourth-order valence-electron chi connectivity index (χ4n) is 12.3. The van der Waals surface area contributed by atoms with Crippen molar-refractivity contribution in [2.75, 3.05) is 0 Å². The van der Waals surface area contributed by atoms with Gasteiger partial charge in [-0.15, -0.1) is 0 Å². The highest BCUT2D eigenvalue weighted by molar-refractivity contribution is 6.99. The Morgan fingerprint density at radius 2 is 0.788 bits per heavy atom. The number of para-hydroxylation sites is 7. The number of aromatic nitrogens is 4. The first-order chi connectivity index (χ1) is 32.8. The molecule has 6 heterocycles. The second-order valence-electron chi connectivity index (χ2n) is 17.9. The molecule has 0 aliphatic carbocycles. The fraction of sp³-hybridized carbons (Fsp3) is 0. The van der Waals surface area contributed by atoms with Crippen molar-refractivity contribution in [3.63, 3.8) is 0 Å². The Labute approximate surface area is 378 Å². The molecule has 2 aliphatic heterocycles. The Hall–Kier alpha value is -8.74. The monoisotopic (exact) mass is 838 g/mol. The Balaban J connectivity index is 1.12. The van der Waals surface area contributed by atoms with E-state index in [9.17, 15) is 0 Å². The number of hydrogen-bond donors (Lipinski definition) is 0. The van der Waals surface area contributed by atoms with Crippen LogP contribution in [0.2, 0.25) is 0 Å². The Kier molecular flexibility index (Phi) is 6.57. The van der Waals surface area contributed by atoms with Crippen LogP contribution in [0.25, 0.3) is 110 Å². The quantitative estimate of drug-likeness (QED) is 0.163. The number of rotatable bonds is 3. The molecule has 14 aromatic rings. The number of fused-ring (bicyclic) bond motifs is 19. The van der Waals surface area contributed by atoms with Crippen LogP contribution >= 0.6 is 0 Å². The standard InChI is InChI=1S/C60H35BN4O/c1-4-18-36(19-5-1)62-46-29-13-10-24-39(46)43-34-45-52(35-50(43)62)66-51-33-17-32-49-56(51)61(45)44-28-16-27-42-55-59-53(40-25-11-14-30-47(40)64(59)38-22-8-3-9-23-38)58-54(60(55)65(49)57(42)44)41-26-12-15-31-48(41)63(58)37-20-6-2-7-21-37/h1-35H. The van der Waals surface area contributed by atoms with Crippen LogP contribution in [0.1, 0.15) is 0 Å². The number of ether oxygens (including phenoxy) is 1. The summed E-state index contributed by atoms with van der Waals surface area (Å²) >= 11 is 0. The highest BCUT2D eigenvalue weighted by Gasteiger charge is 2.42. The lowest BCUT2D eigenvalue weighted by molar-refractivity contribution is 0.488. The molecule has 0 fully saturated rings. The maximum atomic E-state index is 7.19. The third-order valence-electron chi connectivity index (χ3n) is 14.7. The minimum Gasteiger partial charge on any atom is -0.458 e. The minimum atomic E-state index is -0.0553. The molecule has 5 nitrogen and oxygen atoms in total. The van der Waals surface area contributed by atoms with E-state index in [4.69, 9.17) is 4.74 Å². The second kappa shape index (κ2) is 12.5. The number of nitrogens with zero attached hydrogens (tertiary/aromatic N) is 4. The summed E-state index contributed by atoms with van der Waals surface area (Å²) in [7, 11) is 0. The van der Waals surface area contributed by atoms with Gasteiger partial charge in [0, 0.05) is 77.4 Å². The van der Waals surface area contributed by atoms with Crippen molar-refractivity contribution in [1.82, 2.24) is 18.3 Å². The van der Waals surface area contributed by atoms with Gasteiger partial charge in [-0.25, -0.2) is 0 Å². The third-order valence-corrected chi connectivity index (χ3v) is 14.7. The number of hydrogen-bond acceptors (Lipinski definition) is 1. The van der Waals surface area contributed by atoms with Gasteiger partial charge < -0.3 is 23.0 Å². The summed E-state index contributed by atoms with van der Waals surface area (Å²) in [5, 5.41) is 9.91. The van der Waals surface area contributed by atoms with E-state index in [0.29, 0.717) is 0 Å². The predicted octanol–water partition coefficient (Wildman–Crippen LogP) is 13.0. The van der Waals surface area contributed by atoms with Crippen molar-refractivity contribution < 1.29 is 4.74 Å². The SMILES string of the molecule is c1ccc(-n2c3ccccc3c3cc4c(cc32)Oc2cccc3c2B4c2cccc4c5c6c(c7ccccc7n6-c6ccccc6)c6c(c7ccccc7n6-c6ccccc6)c5n-3c24)cc1. The van der Waals surface area contributed by atoms with Crippen LogP contribution in [0.3, 0.4) is 0 Å². The first-order valence-electron chi connectivity index (χ1n) is 22.8. The van der Waals surface area contributed by atoms with Gasteiger partial charge in [-0.1, -0.05) is 140 Å². The molecule has 16 rings (SSSR count). The topological polar surface area (TPSA) is 28.9 Å². The summed E-state index contributed by atoms with van der Waals surface area (Å²) in [4.78, 5) is 0. The smallest absolute Gasteiger partial charge is 0.256 e. The summed E-state index contributed by atoms with van der Waals surface area (Å²) in [5.74, 6) is 1.80. The molecule has 6 heteroatoms. The van der Waals surface area contributed by atoms with Gasteiger partial charge in [0.1, 0.15) is 11.5 Å². The van der Waals surface area contributed by atoms with Crippen LogP contribution in [0, 0.1) is 0 Å². The van der Waals surface area contributed by atoms with Crippen molar-refractivity contribution >= 4 is 110 Å². The molecular formula is C60H35BN4O. The van der Waals surface area contributed by atoms with E-state index in [2.05, 4.69) is 231 Å². The molecule has 2 aliphatic rings. The Bertz CT molecular complexity index is 4420. The molecule has 0 atom stereocenters. The van der Waals surface area contributed by atoms with Crippen LogP contribution in [-0.2, 0) is 0 Å². The van der Waals surface area contributed by atoms with Gasteiger partial charge >= 0.3 is 0 Å². The molecule has 66 heavy (non-hydrogen) atoms. The molecule has 0 unspecified atom stereocenters. The summed E-state index contributed by atoms with van der Waals surface area (Å²) in [6, 6.07) is 77.8. The molecule has 0 bridgehead atoms. The van der Waals surface area contributed by atoms with Gasteiger partial charge in [0.25, 0.3) is 6.71 Å². The lowest BCUT2D eigenvalue weighted by atomic mass is 9.34. The molecule has 4 aromatic heterocycles. The molecule has 0 amide bonds. The van der Waals surface area contributed by atoms with Crippen LogP contribution in [0.4, 0.5) is 0 Å². The average Bonchev–Trinajstić information content (AvgIpc) is 4.11. The van der Waals surface area contributed by atoms with Gasteiger partial charge in [-0.05, 0) is 83.1 Å². The molecule has 10 aromatic carbocycles. The van der Waals surface area contributed by atoms with Crippen molar-refractivity contribution in [3.8, 4) is 34.2 Å². The van der Waals surface area contributed by atoms with Crippen molar-refractivity contribution in [1.29, 1.82) is 0 Å². The summed E-state index contributed by atoms with van der Waals surface area (Å²) < 4.78 is 17.2. The molecule has 0 radical (unpaired) electrons. The largest absolute Gasteiger partial charge is 0.458 e. The highest BCUT2D eigenvalue weighted by atomic mass is 16.5. The van der Waals surface area contributed by atoms with Crippen LogP contribution in [0.5, 0.6) is 11.5 Å². The van der Waals surface area contributed by atoms with E-state index in [1.54, 1.807) is 0 Å². The normalized spacial score (nSPS) is 12.9. The minimum absolute atomic E-state index is 0.0553. The van der Waals surface area contributed by atoms with Crippen LogP contribution in [0.15, 0.2) is 212 Å². The van der Waals surface area contributed by atoms with E-state index >= 15 is 0 Å². The van der Waals surface area contributed by atoms with E-state index in [0.717, 1.165) is 39.8 Å². The van der Waals surface area contributed by atoms with Crippen molar-refractivity contribution in [3.05, 3.63) is 212 Å². The first-order valence-corrected chi connectivity index (χ1v) is 22.8. The molecule has 0 saturated carbocycles. The zero-order chi connectivity index (χ0) is 42.8. The predicted molar refractivity (Wildman–Crippen MR) is 275 cm³/mol. The molecule has 0 N–H and O–H groups in total. The average molecular weight is 839 g/mol. The van der Waals surface area contributed by atoms with Gasteiger partial charge in [0.05, 0.1) is 38.6 Å². The maximum Gasteiger partial charge on any atom is 0.256 e. The molecule has 0 saturated heterocycles. The second-order valence-corrected chi connectivity index (χ2v) is 17.9. The summed E-state index contributed by atoms with van der Waals surface area (Å²) in [6.45, 7) is -0.0553. The lowest BCUT2D eigenvalue weighted by Gasteiger charge is -2.33. The third kappa shape index (κ3) is 4.22. The zero-order valence-electron chi connectivity index (χ0n) is 35.5. The lowest BCUT2D eigenvalue weighted by Crippen LogP contribution is -2.58. The Morgan fingerprint density at radius 1 is 0.303 bits per heavy atom. The zero-order valence-corrected chi connectivity index (χ0v) is 35.5.